The van der Waals surface area contributed by atoms with Crippen LogP contribution in [0.3, 0.4) is 0 Å². The molecule has 0 radical (unpaired) electrons. The predicted molar refractivity (Wildman–Crippen MR) is 77.7 cm³/mol. The Labute approximate surface area is 125 Å². The van der Waals surface area contributed by atoms with Crippen LogP contribution >= 0.6 is 11.6 Å². The predicted octanol–water partition coefficient (Wildman–Crippen LogP) is 5.38. The molecule has 0 aromatic heterocycles. The van der Waals surface area contributed by atoms with E-state index in [1.54, 1.807) is 0 Å². The van der Waals surface area contributed by atoms with Gasteiger partial charge in [-0.1, -0.05) is 29.8 Å². The van der Waals surface area contributed by atoms with Gasteiger partial charge in [0.05, 0.1) is 11.6 Å². The molecular weight excluding hydrogens is 299 g/mol. The van der Waals surface area contributed by atoms with Crippen molar-refractivity contribution in [1.29, 1.82) is 0 Å². The van der Waals surface area contributed by atoms with Crippen molar-refractivity contribution >= 4 is 17.3 Å². The van der Waals surface area contributed by atoms with Gasteiger partial charge in [-0.15, -0.1) is 0 Å². The van der Waals surface area contributed by atoms with Gasteiger partial charge < -0.3 is 5.32 Å². The molecule has 0 aliphatic carbocycles. The highest BCUT2D eigenvalue weighted by Crippen LogP contribution is 2.40. The largest absolute Gasteiger partial charge is 0.416 e. The number of benzene rings is 2. The summed E-state index contributed by atoms with van der Waals surface area (Å²) in [6, 6.07) is 9.03. The van der Waals surface area contributed by atoms with Crippen LogP contribution in [0.5, 0.6) is 0 Å². The molecule has 1 aliphatic rings. The first-order valence-corrected chi connectivity index (χ1v) is 6.96. The number of alkyl halides is 3. The van der Waals surface area contributed by atoms with E-state index in [1.165, 1.54) is 12.1 Å². The van der Waals surface area contributed by atoms with Crippen LogP contribution in [0.25, 0.3) is 0 Å². The highest BCUT2D eigenvalue weighted by molar-refractivity contribution is 6.31. The average molecular weight is 312 g/mol. The molecule has 1 heterocycles. The maximum absolute atomic E-state index is 12.6. The van der Waals surface area contributed by atoms with Gasteiger partial charge >= 0.3 is 6.18 Å². The van der Waals surface area contributed by atoms with Gasteiger partial charge in [0, 0.05) is 17.1 Å². The molecule has 0 saturated heterocycles. The summed E-state index contributed by atoms with van der Waals surface area (Å²) >= 11 is 6.19. The zero-order valence-corrected chi connectivity index (χ0v) is 12.0. The molecule has 0 spiro atoms. The van der Waals surface area contributed by atoms with E-state index >= 15 is 0 Å². The topological polar surface area (TPSA) is 12.0 Å². The molecule has 1 atom stereocenters. The lowest BCUT2D eigenvalue weighted by molar-refractivity contribution is -0.137. The molecule has 1 N–H and O–H groups in total. The minimum absolute atomic E-state index is 0.0408. The lowest BCUT2D eigenvalue weighted by Crippen LogP contribution is -2.08. The number of anilines is 1. The Hall–Kier alpha value is -1.68. The molecule has 3 rings (SSSR count). The minimum atomic E-state index is -4.30. The Morgan fingerprint density at radius 3 is 2.33 bits per heavy atom. The quantitative estimate of drug-likeness (QED) is 0.746. The minimum Gasteiger partial charge on any atom is -0.377 e. The summed E-state index contributed by atoms with van der Waals surface area (Å²) in [7, 11) is 0. The van der Waals surface area contributed by atoms with E-state index in [2.05, 4.69) is 5.32 Å². The highest BCUT2D eigenvalue weighted by Gasteiger charge is 2.31. The van der Waals surface area contributed by atoms with Crippen molar-refractivity contribution in [2.24, 2.45) is 0 Å². The van der Waals surface area contributed by atoms with Gasteiger partial charge in [0.15, 0.2) is 0 Å². The smallest absolute Gasteiger partial charge is 0.377 e. The standard InChI is InChI=1S/C16H13ClF3N/c1-9-2-7-13(17)12-8-14(21-15(9)12)10-3-5-11(6-4-10)16(18,19)20/h2-7,14,21H,8H2,1H3. The number of halogens is 4. The van der Waals surface area contributed by atoms with E-state index < -0.39 is 11.7 Å². The van der Waals surface area contributed by atoms with Crippen LogP contribution in [0.1, 0.15) is 28.3 Å². The highest BCUT2D eigenvalue weighted by atomic mass is 35.5. The number of rotatable bonds is 1. The lowest BCUT2D eigenvalue weighted by atomic mass is 10.0. The van der Waals surface area contributed by atoms with Gasteiger partial charge in [-0.2, -0.15) is 13.2 Å². The van der Waals surface area contributed by atoms with Crippen LogP contribution in [0.2, 0.25) is 5.02 Å². The SMILES string of the molecule is Cc1ccc(Cl)c2c1NC(c1ccc(C(F)(F)F)cc1)C2. The second-order valence-electron chi connectivity index (χ2n) is 5.24. The van der Waals surface area contributed by atoms with Gasteiger partial charge in [0.2, 0.25) is 0 Å². The summed E-state index contributed by atoms with van der Waals surface area (Å²) in [6.45, 7) is 1.98. The molecule has 110 valence electrons. The van der Waals surface area contributed by atoms with Gasteiger partial charge in [0.25, 0.3) is 0 Å². The van der Waals surface area contributed by atoms with E-state index in [4.69, 9.17) is 11.6 Å². The van der Waals surface area contributed by atoms with Crippen molar-refractivity contribution in [1.82, 2.24) is 0 Å². The molecule has 2 aromatic rings. The Balaban J connectivity index is 1.88. The summed E-state index contributed by atoms with van der Waals surface area (Å²) in [5.41, 5.74) is 3.31. The molecule has 2 aromatic carbocycles. The fraction of sp³-hybridized carbons (Fsp3) is 0.250. The third-order valence-electron chi connectivity index (χ3n) is 3.83. The molecule has 21 heavy (non-hydrogen) atoms. The second kappa shape index (κ2) is 4.95. The average Bonchev–Trinajstić information content (AvgIpc) is 2.89. The van der Waals surface area contributed by atoms with E-state index in [9.17, 15) is 13.2 Å². The maximum Gasteiger partial charge on any atom is 0.416 e. The van der Waals surface area contributed by atoms with Gasteiger partial charge in [0.1, 0.15) is 0 Å². The molecule has 0 saturated carbocycles. The van der Waals surface area contributed by atoms with Crippen LogP contribution in [0.15, 0.2) is 36.4 Å². The fourth-order valence-corrected chi connectivity index (χ4v) is 2.91. The number of hydrogen-bond acceptors (Lipinski definition) is 1. The molecule has 1 nitrogen and oxygen atoms in total. The van der Waals surface area contributed by atoms with Crippen molar-refractivity contribution in [2.45, 2.75) is 25.6 Å². The van der Waals surface area contributed by atoms with Crippen LogP contribution < -0.4 is 5.32 Å². The molecule has 5 heteroatoms. The van der Waals surface area contributed by atoms with Gasteiger partial charge in [-0.3, -0.25) is 0 Å². The lowest BCUT2D eigenvalue weighted by Gasteiger charge is -2.14. The van der Waals surface area contributed by atoms with Crippen molar-refractivity contribution < 1.29 is 13.2 Å². The maximum atomic E-state index is 12.6. The van der Waals surface area contributed by atoms with E-state index in [-0.39, 0.29) is 6.04 Å². The van der Waals surface area contributed by atoms with Crippen LogP contribution in [0, 0.1) is 6.92 Å². The van der Waals surface area contributed by atoms with Crippen LogP contribution in [-0.4, -0.2) is 0 Å². The molecule has 1 aliphatic heterocycles. The third-order valence-corrected chi connectivity index (χ3v) is 4.19. The summed E-state index contributed by atoms with van der Waals surface area (Å²) in [6.07, 6.45) is -3.62. The zero-order valence-electron chi connectivity index (χ0n) is 11.3. The third kappa shape index (κ3) is 2.60. The zero-order chi connectivity index (χ0) is 15.2. The van der Waals surface area contributed by atoms with E-state index in [0.717, 1.165) is 34.5 Å². The van der Waals surface area contributed by atoms with Crippen LogP contribution in [-0.2, 0) is 12.6 Å². The van der Waals surface area contributed by atoms with E-state index in [1.807, 2.05) is 19.1 Å². The first-order valence-electron chi connectivity index (χ1n) is 6.58. The Bertz CT molecular complexity index is 646. The van der Waals surface area contributed by atoms with Crippen molar-refractivity contribution in [3.8, 4) is 0 Å². The van der Waals surface area contributed by atoms with E-state index in [0.29, 0.717) is 11.4 Å². The molecule has 0 amide bonds. The first-order chi connectivity index (χ1) is 9.86. The van der Waals surface area contributed by atoms with Crippen molar-refractivity contribution in [3.05, 3.63) is 63.7 Å². The fourth-order valence-electron chi connectivity index (χ4n) is 2.68. The summed E-state index contributed by atoms with van der Waals surface area (Å²) < 4.78 is 37.8. The Morgan fingerprint density at radius 1 is 1.10 bits per heavy atom. The summed E-state index contributed by atoms with van der Waals surface area (Å²) in [5.74, 6) is 0. The normalized spacial score (nSPS) is 17.5. The second-order valence-corrected chi connectivity index (χ2v) is 5.65. The molecule has 0 bridgehead atoms. The van der Waals surface area contributed by atoms with Crippen LogP contribution in [0.4, 0.5) is 18.9 Å². The summed E-state index contributed by atoms with van der Waals surface area (Å²) in [5, 5.41) is 4.04. The van der Waals surface area contributed by atoms with Gasteiger partial charge in [-0.25, -0.2) is 0 Å². The van der Waals surface area contributed by atoms with Crippen molar-refractivity contribution in [2.75, 3.05) is 5.32 Å². The Morgan fingerprint density at radius 2 is 1.76 bits per heavy atom. The molecule has 0 fully saturated rings. The number of hydrogen-bond donors (Lipinski definition) is 1. The first kappa shape index (κ1) is 14.3. The number of nitrogens with one attached hydrogen (secondary N) is 1. The number of fused-ring (bicyclic) bond motifs is 1. The summed E-state index contributed by atoms with van der Waals surface area (Å²) in [4.78, 5) is 0. The Kier molecular flexibility index (Phi) is 3.36. The molecule has 1 unspecified atom stereocenters. The van der Waals surface area contributed by atoms with Crippen molar-refractivity contribution in [3.63, 3.8) is 0 Å². The molecular formula is C16H13ClF3N. The number of aryl methyl sites for hydroxylation is 1. The van der Waals surface area contributed by atoms with Gasteiger partial charge in [-0.05, 0) is 41.8 Å². The monoisotopic (exact) mass is 311 g/mol.